The van der Waals surface area contributed by atoms with Gasteiger partial charge in [0.05, 0.1) is 13.0 Å². The summed E-state index contributed by atoms with van der Waals surface area (Å²) >= 11 is 0. The van der Waals surface area contributed by atoms with Crippen molar-refractivity contribution in [1.82, 2.24) is 4.90 Å². The fourth-order valence-electron chi connectivity index (χ4n) is 2.52. The zero-order valence-electron chi connectivity index (χ0n) is 13.3. The quantitative estimate of drug-likeness (QED) is 0.724. The molecule has 5 nitrogen and oxygen atoms in total. The van der Waals surface area contributed by atoms with Gasteiger partial charge in [-0.25, -0.2) is 0 Å². The van der Waals surface area contributed by atoms with Gasteiger partial charge in [-0.3, -0.25) is 14.5 Å². The standard InChI is InChI=1S/C15H27NO4/c1-6-19-13(17)10-11(2)16-9-7-8-12(16)14(18)20-15(3,4)5/h11-12H,6-10H2,1-5H3/t11?,12-/m1/s1. The number of carbonyl (C=O) groups excluding carboxylic acids is 2. The maximum absolute atomic E-state index is 12.2. The van der Waals surface area contributed by atoms with Crippen molar-refractivity contribution in [2.75, 3.05) is 13.2 Å². The van der Waals surface area contributed by atoms with E-state index in [2.05, 4.69) is 4.90 Å². The van der Waals surface area contributed by atoms with Gasteiger partial charge < -0.3 is 9.47 Å². The summed E-state index contributed by atoms with van der Waals surface area (Å²) in [5.74, 6) is -0.402. The third-order valence-corrected chi connectivity index (χ3v) is 3.31. The second-order valence-electron chi connectivity index (χ2n) is 6.29. The van der Waals surface area contributed by atoms with Crippen molar-refractivity contribution in [1.29, 1.82) is 0 Å². The predicted molar refractivity (Wildman–Crippen MR) is 76.3 cm³/mol. The van der Waals surface area contributed by atoms with Crippen LogP contribution in [-0.4, -0.2) is 47.7 Å². The molecule has 116 valence electrons. The maximum atomic E-state index is 12.2. The molecule has 1 fully saturated rings. The lowest BCUT2D eigenvalue weighted by atomic mass is 10.1. The summed E-state index contributed by atoms with van der Waals surface area (Å²) in [4.78, 5) is 25.8. The van der Waals surface area contributed by atoms with Crippen LogP contribution in [0.4, 0.5) is 0 Å². The van der Waals surface area contributed by atoms with Crippen LogP contribution in [0.25, 0.3) is 0 Å². The number of rotatable bonds is 5. The van der Waals surface area contributed by atoms with Crippen LogP contribution < -0.4 is 0 Å². The number of carbonyl (C=O) groups is 2. The first-order valence-corrected chi connectivity index (χ1v) is 7.39. The monoisotopic (exact) mass is 285 g/mol. The van der Waals surface area contributed by atoms with Gasteiger partial charge in [0.25, 0.3) is 0 Å². The molecule has 0 aliphatic carbocycles. The van der Waals surface area contributed by atoms with Gasteiger partial charge in [-0.1, -0.05) is 0 Å². The molecule has 1 heterocycles. The van der Waals surface area contributed by atoms with E-state index in [1.165, 1.54) is 0 Å². The topological polar surface area (TPSA) is 55.8 Å². The average Bonchev–Trinajstić information content (AvgIpc) is 2.75. The van der Waals surface area contributed by atoms with E-state index in [1.807, 2.05) is 27.7 Å². The van der Waals surface area contributed by atoms with Crippen LogP contribution in [0, 0.1) is 0 Å². The van der Waals surface area contributed by atoms with Crippen molar-refractivity contribution >= 4 is 11.9 Å². The van der Waals surface area contributed by atoms with Crippen molar-refractivity contribution < 1.29 is 19.1 Å². The Hall–Kier alpha value is -1.10. The highest BCUT2D eigenvalue weighted by Gasteiger charge is 2.37. The largest absolute Gasteiger partial charge is 0.466 e. The second-order valence-corrected chi connectivity index (χ2v) is 6.29. The highest BCUT2D eigenvalue weighted by atomic mass is 16.6. The molecule has 5 heteroatoms. The van der Waals surface area contributed by atoms with Gasteiger partial charge in [0.2, 0.25) is 0 Å². The van der Waals surface area contributed by atoms with E-state index in [1.54, 1.807) is 6.92 Å². The molecule has 1 aliphatic heterocycles. The van der Waals surface area contributed by atoms with Crippen LogP contribution in [0.15, 0.2) is 0 Å². The SMILES string of the molecule is CCOC(=O)CC(C)N1CCC[C@@H]1C(=O)OC(C)(C)C. The molecule has 0 amide bonds. The molecule has 0 aromatic carbocycles. The third kappa shape index (κ3) is 5.12. The predicted octanol–water partition coefficient (Wildman–Crippen LogP) is 2.13. The van der Waals surface area contributed by atoms with E-state index in [9.17, 15) is 9.59 Å². The normalized spacial score (nSPS) is 21.6. The number of hydrogen-bond donors (Lipinski definition) is 0. The first-order valence-electron chi connectivity index (χ1n) is 7.39. The van der Waals surface area contributed by atoms with Gasteiger partial charge in [0.15, 0.2) is 0 Å². The lowest BCUT2D eigenvalue weighted by molar-refractivity contribution is -0.162. The molecular weight excluding hydrogens is 258 g/mol. The molecule has 0 radical (unpaired) electrons. The Kier molecular flexibility index (Phi) is 5.99. The van der Waals surface area contributed by atoms with Crippen molar-refractivity contribution in [3.05, 3.63) is 0 Å². The van der Waals surface area contributed by atoms with Crippen LogP contribution in [-0.2, 0) is 19.1 Å². The molecule has 0 bridgehead atoms. The molecule has 0 N–H and O–H groups in total. The van der Waals surface area contributed by atoms with E-state index in [0.717, 1.165) is 19.4 Å². The summed E-state index contributed by atoms with van der Waals surface area (Å²) in [5.41, 5.74) is -0.476. The summed E-state index contributed by atoms with van der Waals surface area (Å²) in [6.07, 6.45) is 2.06. The fraction of sp³-hybridized carbons (Fsp3) is 0.867. The van der Waals surface area contributed by atoms with Crippen molar-refractivity contribution in [2.45, 2.75) is 71.6 Å². The van der Waals surface area contributed by atoms with E-state index < -0.39 is 5.60 Å². The Morgan fingerprint density at radius 1 is 1.35 bits per heavy atom. The van der Waals surface area contributed by atoms with Gasteiger partial charge in [-0.2, -0.15) is 0 Å². The molecule has 20 heavy (non-hydrogen) atoms. The first-order chi connectivity index (χ1) is 9.24. The highest BCUT2D eigenvalue weighted by Crippen LogP contribution is 2.24. The Morgan fingerprint density at radius 2 is 2.00 bits per heavy atom. The Labute approximate surface area is 121 Å². The zero-order chi connectivity index (χ0) is 15.3. The maximum Gasteiger partial charge on any atom is 0.323 e. The summed E-state index contributed by atoms with van der Waals surface area (Å²) in [5, 5.41) is 0. The van der Waals surface area contributed by atoms with Gasteiger partial charge in [-0.15, -0.1) is 0 Å². The van der Waals surface area contributed by atoms with Gasteiger partial charge in [0, 0.05) is 6.04 Å². The molecule has 0 saturated carbocycles. The molecule has 0 aromatic heterocycles. The van der Waals surface area contributed by atoms with Crippen molar-refractivity contribution in [3.8, 4) is 0 Å². The van der Waals surface area contributed by atoms with Crippen LogP contribution >= 0.6 is 0 Å². The average molecular weight is 285 g/mol. The lowest BCUT2D eigenvalue weighted by Crippen LogP contribution is -2.45. The van der Waals surface area contributed by atoms with Crippen LogP contribution in [0.3, 0.4) is 0 Å². The first kappa shape index (κ1) is 17.0. The number of nitrogens with zero attached hydrogens (tertiary/aromatic N) is 1. The summed E-state index contributed by atoms with van der Waals surface area (Å²) in [7, 11) is 0. The molecule has 1 saturated heterocycles. The molecular formula is C15H27NO4. The summed E-state index contributed by atoms with van der Waals surface area (Å²) < 4.78 is 10.4. The minimum atomic E-state index is -0.476. The van der Waals surface area contributed by atoms with Gasteiger partial charge >= 0.3 is 11.9 Å². The molecule has 1 unspecified atom stereocenters. The third-order valence-electron chi connectivity index (χ3n) is 3.31. The molecule has 1 aliphatic rings. The van der Waals surface area contributed by atoms with E-state index >= 15 is 0 Å². The number of hydrogen-bond acceptors (Lipinski definition) is 5. The lowest BCUT2D eigenvalue weighted by Gasteiger charge is -2.31. The van der Waals surface area contributed by atoms with E-state index in [0.29, 0.717) is 13.0 Å². The zero-order valence-corrected chi connectivity index (χ0v) is 13.3. The smallest absolute Gasteiger partial charge is 0.323 e. The van der Waals surface area contributed by atoms with Crippen LogP contribution in [0.2, 0.25) is 0 Å². The Bertz CT molecular complexity index is 348. The number of ether oxygens (including phenoxy) is 2. The van der Waals surface area contributed by atoms with Crippen molar-refractivity contribution in [2.24, 2.45) is 0 Å². The molecule has 1 rings (SSSR count). The van der Waals surface area contributed by atoms with Crippen LogP contribution in [0.5, 0.6) is 0 Å². The number of likely N-dealkylation sites (tertiary alicyclic amines) is 1. The molecule has 0 aromatic rings. The van der Waals surface area contributed by atoms with Gasteiger partial charge in [0.1, 0.15) is 11.6 Å². The van der Waals surface area contributed by atoms with E-state index in [-0.39, 0.29) is 24.0 Å². The van der Waals surface area contributed by atoms with Gasteiger partial charge in [-0.05, 0) is 54.0 Å². The molecule has 2 atom stereocenters. The molecule has 0 spiro atoms. The minimum Gasteiger partial charge on any atom is -0.466 e. The highest BCUT2D eigenvalue weighted by molar-refractivity contribution is 5.77. The summed E-state index contributed by atoms with van der Waals surface area (Å²) in [6, 6.07) is -0.243. The fourth-order valence-corrected chi connectivity index (χ4v) is 2.52. The van der Waals surface area contributed by atoms with Crippen molar-refractivity contribution in [3.63, 3.8) is 0 Å². The number of esters is 2. The Morgan fingerprint density at radius 3 is 2.55 bits per heavy atom. The minimum absolute atomic E-state index is 0.00549. The van der Waals surface area contributed by atoms with E-state index in [4.69, 9.17) is 9.47 Å². The second kappa shape index (κ2) is 7.07. The Balaban J connectivity index is 2.60. The summed E-state index contributed by atoms with van der Waals surface area (Å²) in [6.45, 7) is 10.6. The van der Waals surface area contributed by atoms with Crippen LogP contribution in [0.1, 0.15) is 53.9 Å².